The van der Waals surface area contributed by atoms with E-state index in [4.69, 9.17) is 5.73 Å². The van der Waals surface area contributed by atoms with Crippen LogP contribution in [0.4, 0.5) is 8.78 Å². The van der Waals surface area contributed by atoms with E-state index in [1.165, 1.54) is 6.07 Å². The Morgan fingerprint density at radius 1 is 1.32 bits per heavy atom. The van der Waals surface area contributed by atoms with Gasteiger partial charge in [-0.15, -0.1) is 12.4 Å². The lowest BCUT2D eigenvalue weighted by molar-refractivity contribution is -0.122. The summed E-state index contributed by atoms with van der Waals surface area (Å²) in [6.45, 7) is -2.51. The zero-order valence-electron chi connectivity index (χ0n) is 12.2. The molecule has 0 unspecified atom stereocenters. The molecule has 1 aliphatic carbocycles. The number of rotatable bonds is 6. The summed E-state index contributed by atoms with van der Waals surface area (Å²) in [7, 11) is 0. The number of halogens is 3. The number of para-hydroxylation sites is 1. The van der Waals surface area contributed by atoms with Crippen molar-refractivity contribution in [3.63, 3.8) is 0 Å². The molecule has 1 aliphatic rings. The number of alkyl halides is 2. The Hall–Kier alpha value is -1.40. The van der Waals surface area contributed by atoms with Gasteiger partial charge in [0.2, 0.25) is 5.91 Å². The van der Waals surface area contributed by atoms with Crippen LogP contribution in [0.25, 0.3) is 0 Å². The van der Waals surface area contributed by atoms with Gasteiger partial charge in [0.1, 0.15) is 5.75 Å². The van der Waals surface area contributed by atoms with Crippen molar-refractivity contribution in [2.24, 2.45) is 5.73 Å². The number of nitrogens with one attached hydrogen (secondary N) is 1. The molecule has 4 nitrogen and oxygen atoms in total. The Morgan fingerprint density at radius 3 is 2.55 bits per heavy atom. The van der Waals surface area contributed by atoms with Gasteiger partial charge in [-0.05, 0) is 18.9 Å². The molecule has 0 heterocycles. The van der Waals surface area contributed by atoms with Gasteiger partial charge < -0.3 is 15.8 Å². The molecule has 0 aromatic heterocycles. The molecule has 3 N–H and O–H groups in total. The molecule has 7 heteroatoms. The molecule has 0 radical (unpaired) electrons. The predicted molar refractivity (Wildman–Crippen MR) is 82.4 cm³/mol. The molecule has 0 atom stereocenters. The van der Waals surface area contributed by atoms with Gasteiger partial charge in [0.25, 0.3) is 0 Å². The molecule has 1 aromatic carbocycles. The quantitative estimate of drug-likeness (QED) is 0.840. The zero-order valence-corrected chi connectivity index (χ0v) is 13.0. The summed E-state index contributed by atoms with van der Waals surface area (Å²) in [5, 5.41) is 2.96. The molecule has 0 aliphatic heterocycles. The van der Waals surface area contributed by atoms with Crippen LogP contribution in [0.15, 0.2) is 24.3 Å². The van der Waals surface area contributed by atoms with Gasteiger partial charge in [-0.1, -0.05) is 31.0 Å². The molecule has 1 fully saturated rings. The van der Waals surface area contributed by atoms with Crippen molar-refractivity contribution < 1.29 is 18.3 Å². The first-order chi connectivity index (χ1) is 10.0. The highest BCUT2D eigenvalue weighted by atomic mass is 35.5. The molecular weight excluding hydrogens is 314 g/mol. The van der Waals surface area contributed by atoms with Gasteiger partial charge in [0, 0.05) is 12.1 Å². The van der Waals surface area contributed by atoms with Gasteiger partial charge in [-0.3, -0.25) is 4.79 Å². The third kappa shape index (κ3) is 4.81. The van der Waals surface area contributed by atoms with Crippen LogP contribution in [-0.4, -0.2) is 24.6 Å². The van der Waals surface area contributed by atoms with E-state index in [0.717, 1.165) is 25.7 Å². The average molecular weight is 335 g/mol. The monoisotopic (exact) mass is 334 g/mol. The molecule has 124 valence electrons. The third-order valence-corrected chi connectivity index (χ3v) is 3.90. The first kappa shape index (κ1) is 18.6. The first-order valence-corrected chi connectivity index (χ1v) is 7.08. The van der Waals surface area contributed by atoms with Crippen molar-refractivity contribution in [2.75, 3.05) is 6.54 Å². The van der Waals surface area contributed by atoms with Gasteiger partial charge in [0.15, 0.2) is 0 Å². The van der Waals surface area contributed by atoms with Crippen LogP contribution in [0, 0.1) is 0 Å². The van der Waals surface area contributed by atoms with Crippen molar-refractivity contribution in [3.05, 3.63) is 29.8 Å². The maximum atomic E-state index is 12.3. The van der Waals surface area contributed by atoms with E-state index in [-0.39, 0.29) is 36.0 Å². The van der Waals surface area contributed by atoms with Crippen LogP contribution in [0.1, 0.15) is 31.2 Å². The Bertz CT molecular complexity index is 494. The number of nitrogens with two attached hydrogens (primary N) is 1. The molecule has 22 heavy (non-hydrogen) atoms. The van der Waals surface area contributed by atoms with E-state index in [2.05, 4.69) is 10.1 Å². The summed E-state index contributed by atoms with van der Waals surface area (Å²) in [6.07, 6.45) is 3.82. The zero-order chi connectivity index (χ0) is 15.3. The highest BCUT2D eigenvalue weighted by Crippen LogP contribution is 2.29. The molecule has 0 bridgehead atoms. The average Bonchev–Trinajstić information content (AvgIpc) is 2.89. The molecule has 0 saturated heterocycles. The Labute approximate surface area is 134 Å². The largest absolute Gasteiger partial charge is 0.435 e. The maximum absolute atomic E-state index is 12.3. The first-order valence-electron chi connectivity index (χ1n) is 7.08. The van der Waals surface area contributed by atoms with E-state index < -0.39 is 6.61 Å². The molecule has 0 spiro atoms. The summed E-state index contributed by atoms with van der Waals surface area (Å²) in [6, 6.07) is 6.33. The van der Waals surface area contributed by atoms with E-state index >= 15 is 0 Å². The summed E-state index contributed by atoms with van der Waals surface area (Å²) >= 11 is 0. The standard InChI is InChI=1S/C15H20F2N2O2.ClH/c16-14(17)21-12-6-2-1-5-11(12)9-13(20)19-15(10-18)7-3-4-8-15;/h1-2,5-6,14H,3-4,7-10,18H2,(H,19,20);1H. The Balaban J connectivity index is 0.00000242. The second kappa shape index (κ2) is 8.29. The highest BCUT2D eigenvalue weighted by Gasteiger charge is 2.33. The van der Waals surface area contributed by atoms with Gasteiger partial charge in [-0.25, -0.2) is 0 Å². The lowest BCUT2D eigenvalue weighted by atomic mass is 9.97. The second-order valence-electron chi connectivity index (χ2n) is 5.40. The van der Waals surface area contributed by atoms with Crippen molar-refractivity contribution in [1.82, 2.24) is 5.32 Å². The van der Waals surface area contributed by atoms with Crippen LogP contribution >= 0.6 is 12.4 Å². The molecule has 2 rings (SSSR count). The molecule has 1 aromatic rings. The molecular formula is C15H21ClF2N2O2. The van der Waals surface area contributed by atoms with Gasteiger partial charge in [-0.2, -0.15) is 8.78 Å². The fourth-order valence-corrected chi connectivity index (χ4v) is 2.81. The summed E-state index contributed by atoms with van der Waals surface area (Å²) in [4.78, 5) is 12.2. The fourth-order valence-electron chi connectivity index (χ4n) is 2.81. The molecule has 1 saturated carbocycles. The summed E-state index contributed by atoms with van der Waals surface area (Å²) < 4.78 is 29.1. The second-order valence-corrected chi connectivity index (χ2v) is 5.40. The lowest BCUT2D eigenvalue weighted by Crippen LogP contribution is -2.52. The summed E-state index contributed by atoms with van der Waals surface area (Å²) in [5.41, 5.74) is 5.87. The number of amides is 1. The van der Waals surface area contributed by atoms with Crippen LogP contribution in [0.5, 0.6) is 5.75 Å². The third-order valence-electron chi connectivity index (χ3n) is 3.90. The minimum Gasteiger partial charge on any atom is -0.435 e. The molecule has 1 amide bonds. The topological polar surface area (TPSA) is 64.3 Å². The minimum absolute atomic E-state index is 0. The highest BCUT2D eigenvalue weighted by molar-refractivity contribution is 5.85. The van der Waals surface area contributed by atoms with Crippen molar-refractivity contribution in [3.8, 4) is 5.75 Å². The van der Waals surface area contributed by atoms with E-state index in [1.54, 1.807) is 18.2 Å². The number of hydrogen-bond donors (Lipinski definition) is 2. The summed E-state index contributed by atoms with van der Waals surface area (Å²) in [5.74, 6) is -0.177. The van der Waals surface area contributed by atoms with Crippen LogP contribution in [0.3, 0.4) is 0 Å². The van der Waals surface area contributed by atoms with Crippen LogP contribution < -0.4 is 15.8 Å². The van der Waals surface area contributed by atoms with Crippen LogP contribution in [-0.2, 0) is 11.2 Å². The maximum Gasteiger partial charge on any atom is 0.387 e. The van der Waals surface area contributed by atoms with Gasteiger partial charge >= 0.3 is 6.61 Å². The number of hydrogen-bond acceptors (Lipinski definition) is 3. The Morgan fingerprint density at radius 2 is 1.95 bits per heavy atom. The van der Waals surface area contributed by atoms with Crippen LogP contribution in [0.2, 0.25) is 0 Å². The van der Waals surface area contributed by atoms with Gasteiger partial charge in [0.05, 0.1) is 12.0 Å². The number of benzene rings is 1. The Kier molecular flexibility index (Phi) is 7.03. The number of carbonyl (C=O) groups is 1. The van der Waals surface area contributed by atoms with E-state index in [0.29, 0.717) is 12.1 Å². The minimum atomic E-state index is -2.90. The fraction of sp³-hybridized carbons (Fsp3) is 0.533. The smallest absolute Gasteiger partial charge is 0.387 e. The number of carbonyl (C=O) groups excluding carboxylic acids is 1. The van der Waals surface area contributed by atoms with Crippen molar-refractivity contribution in [1.29, 1.82) is 0 Å². The predicted octanol–water partition coefficient (Wildman–Crippen LogP) is 2.64. The van der Waals surface area contributed by atoms with E-state index in [9.17, 15) is 13.6 Å². The lowest BCUT2D eigenvalue weighted by Gasteiger charge is -2.28. The van der Waals surface area contributed by atoms with Crippen molar-refractivity contribution in [2.45, 2.75) is 44.3 Å². The van der Waals surface area contributed by atoms with Crippen molar-refractivity contribution >= 4 is 18.3 Å². The van der Waals surface area contributed by atoms with E-state index in [1.807, 2.05) is 0 Å². The number of ether oxygens (including phenoxy) is 1. The SMILES string of the molecule is Cl.NCC1(NC(=O)Cc2ccccc2OC(F)F)CCCC1. The normalized spacial score (nSPS) is 16.2.